The lowest BCUT2D eigenvalue weighted by atomic mass is 9.89. The smallest absolute Gasteiger partial charge is 0.378 e. The molecule has 0 saturated carbocycles. The molecule has 0 radical (unpaired) electrons. The topological polar surface area (TPSA) is 9.23 Å². The first-order valence-electron chi connectivity index (χ1n) is 5.98. The molecule has 0 rings (SSSR count). The van der Waals surface area contributed by atoms with Crippen LogP contribution >= 0.6 is 0 Å². The normalized spacial score (nSPS) is 18.2. The average Bonchev–Trinajstić information content (AvgIpc) is 2.20. The summed E-state index contributed by atoms with van der Waals surface area (Å²) in [7, 11) is 0. The average molecular weight is 240 g/mol. The van der Waals surface area contributed by atoms with Gasteiger partial charge in [0.2, 0.25) is 0 Å². The van der Waals surface area contributed by atoms with Crippen LogP contribution in [-0.4, -0.2) is 18.9 Å². The SMILES string of the molecule is CCC(C)OCC(CC(F)(F)F)C(C)CC. The second-order valence-corrected chi connectivity index (χ2v) is 4.52. The van der Waals surface area contributed by atoms with Crippen molar-refractivity contribution >= 4 is 0 Å². The largest absolute Gasteiger partial charge is 0.389 e. The monoisotopic (exact) mass is 240 g/mol. The van der Waals surface area contributed by atoms with Crippen molar-refractivity contribution in [2.75, 3.05) is 6.61 Å². The highest BCUT2D eigenvalue weighted by Crippen LogP contribution is 2.30. The summed E-state index contributed by atoms with van der Waals surface area (Å²) in [5, 5.41) is 0. The summed E-state index contributed by atoms with van der Waals surface area (Å²) < 4.78 is 42.5. The van der Waals surface area contributed by atoms with Gasteiger partial charge in [0, 0.05) is 6.42 Å². The molecule has 16 heavy (non-hydrogen) atoms. The highest BCUT2D eigenvalue weighted by molar-refractivity contribution is 4.69. The van der Waals surface area contributed by atoms with Crippen LogP contribution in [0.1, 0.15) is 47.0 Å². The van der Waals surface area contributed by atoms with E-state index in [4.69, 9.17) is 4.74 Å². The summed E-state index contributed by atoms with van der Waals surface area (Å²) in [6.07, 6.45) is -3.20. The van der Waals surface area contributed by atoms with E-state index in [2.05, 4.69) is 0 Å². The minimum Gasteiger partial charge on any atom is -0.378 e. The third-order valence-electron chi connectivity index (χ3n) is 3.11. The lowest BCUT2D eigenvalue weighted by Crippen LogP contribution is -2.26. The molecule has 0 bridgehead atoms. The van der Waals surface area contributed by atoms with Crippen molar-refractivity contribution < 1.29 is 17.9 Å². The predicted molar refractivity (Wildman–Crippen MR) is 59.3 cm³/mol. The molecule has 0 amide bonds. The number of hydrogen-bond donors (Lipinski definition) is 0. The van der Waals surface area contributed by atoms with Gasteiger partial charge in [-0.15, -0.1) is 0 Å². The maximum atomic E-state index is 12.4. The number of ether oxygens (including phenoxy) is 1. The van der Waals surface area contributed by atoms with E-state index in [0.29, 0.717) is 0 Å². The zero-order valence-electron chi connectivity index (χ0n) is 10.6. The standard InChI is InChI=1S/C12H23F3O/c1-5-9(3)11(7-12(13,14)15)8-16-10(4)6-2/h9-11H,5-8H2,1-4H3. The second kappa shape index (κ2) is 7.15. The second-order valence-electron chi connectivity index (χ2n) is 4.52. The van der Waals surface area contributed by atoms with Gasteiger partial charge in [-0.25, -0.2) is 0 Å². The Bertz CT molecular complexity index is 180. The van der Waals surface area contributed by atoms with E-state index in [1.54, 1.807) is 0 Å². The molecule has 0 aliphatic carbocycles. The molecular weight excluding hydrogens is 217 g/mol. The number of rotatable bonds is 7. The van der Waals surface area contributed by atoms with Gasteiger partial charge in [-0.2, -0.15) is 13.2 Å². The van der Waals surface area contributed by atoms with Crippen molar-refractivity contribution in [2.24, 2.45) is 11.8 Å². The van der Waals surface area contributed by atoms with Gasteiger partial charge in [0.05, 0.1) is 12.7 Å². The zero-order valence-corrected chi connectivity index (χ0v) is 10.6. The van der Waals surface area contributed by atoms with Gasteiger partial charge in [-0.3, -0.25) is 0 Å². The van der Waals surface area contributed by atoms with Gasteiger partial charge in [0.15, 0.2) is 0 Å². The third-order valence-corrected chi connectivity index (χ3v) is 3.11. The molecule has 0 aromatic heterocycles. The van der Waals surface area contributed by atoms with E-state index in [1.807, 2.05) is 27.7 Å². The fraction of sp³-hybridized carbons (Fsp3) is 1.00. The van der Waals surface area contributed by atoms with Gasteiger partial charge in [0.1, 0.15) is 0 Å². The summed E-state index contributed by atoms with van der Waals surface area (Å²) >= 11 is 0. The number of halogens is 3. The van der Waals surface area contributed by atoms with E-state index in [-0.39, 0.29) is 18.6 Å². The van der Waals surface area contributed by atoms with Crippen molar-refractivity contribution in [3.05, 3.63) is 0 Å². The lowest BCUT2D eigenvalue weighted by molar-refractivity contribution is -0.155. The maximum Gasteiger partial charge on any atom is 0.389 e. The van der Waals surface area contributed by atoms with Gasteiger partial charge in [-0.05, 0) is 25.2 Å². The Morgan fingerprint density at radius 3 is 2.00 bits per heavy atom. The summed E-state index contributed by atoms with van der Waals surface area (Å²) in [6.45, 7) is 7.84. The molecule has 0 saturated heterocycles. The van der Waals surface area contributed by atoms with E-state index >= 15 is 0 Å². The van der Waals surface area contributed by atoms with Crippen LogP contribution in [0, 0.1) is 11.8 Å². The molecule has 0 N–H and O–H groups in total. The van der Waals surface area contributed by atoms with E-state index < -0.39 is 18.5 Å². The van der Waals surface area contributed by atoms with Crippen LogP contribution in [-0.2, 0) is 4.74 Å². The van der Waals surface area contributed by atoms with Crippen molar-refractivity contribution in [1.82, 2.24) is 0 Å². The molecule has 0 aliphatic rings. The van der Waals surface area contributed by atoms with E-state index in [1.165, 1.54) is 0 Å². The van der Waals surface area contributed by atoms with Crippen LogP contribution in [0.3, 0.4) is 0 Å². The lowest BCUT2D eigenvalue weighted by Gasteiger charge is -2.25. The van der Waals surface area contributed by atoms with Gasteiger partial charge in [-0.1, -0.05) is 27.2 Å². The Balaban J connectivity index is 4.21. The molecule has 0 fully saturated rings. The van der Waals surface area contributed by atoms with E-state index in [0.717, 1.165) is 12.8 Å². The molecule has 4 heteroatoms. The third kappa shape index (κ3) is 7.09. The molecule has 0 aromatic carbocycles. The van der Waals surface area contributed by atoms with Gasteiger partial charge in [0.25, 0.3) is 0 Å². The summed E-state index contributed by atoms with van der Waals surface area (Å²) in [5.41, 5.74) is 0. The molecule has 0 aliphatic heterocycles. The van der Waals surface area contributed by atoms with Crippen molar-refractivity contribution in [3.8, 4) is 0 Å². The Morgan fingerprint density at radius 2 is 1.62 bits per heavy atom. The fourth-order valence-corrected chi connectivity index (χ4v) is 1.46. The first-order chi connectivity index (χ1) is 7.30. The van der Waals surface area contributed by atoms with Crippen molar-refractivity contribution in [1.29, 1.82) is 0 Å². The van der Waals surface area contributed by atoms with Crippen molar-refractivity contribution in [3.63, 3.8) is 0 Å². The molecule has 0 spiro atoms. The predicted octanol–water partition coefficient (Wildman–Crippen LogP) is 4.42. The Morgan fingerprint density at radius 1 is 1.06 bits per heavy atom. The highest BCUT2D eigenvalue weighted by atomic mass is 19.4. The number of alkyl halides is 3. The Labute approximate surface area is 96.4 Å². The van der Waals surface area contributed by atoms with Gasteiger partial charge < -0.3 is 4.74 Å². The molecular formula is C12H23F3O. The molecule has 0 aromatic rings. The minimum absolute atomic E-state index is 0.0415. The Kier molecular flexibility index (Phi) is 7.04. The number of hydrogen-bond acceptors (Lipinski definition) is 1. The fourth-order valence-electron chi connectivity index (χ4n) is 1.46. The molecule has 3 atom stereocenters. The van der Waals surface area contributed by atoms with Crippen LogP contribution in [0.2, 0.25) is 0 Å². The first kappa shape index (κ1) is 15.8. The minimum atomic E-state index is -4.09. The van der Waals surface area contributed by atoms with Crippen LogP contribution in [0.25, 0.3) is 0 Å². The Hall–Kier alpha value is -0.250. The molecule has 0 heterocycles. The van der Waals surface area contributed by atoms with Crippen LogP contribution in [0.5, 0.6) is 0 Å². The molecule has 1 nitrogen and oxygen atoms in total. The van der Waals surface area contributed by atoms with Gasteiger partial charge >= 0.3 is 6.18 Å². The molecule has 98 valence electrons. The van der Waals surface area contributed by atoms with Crippen LogP contribution in [0.15, 0.2) is 0 Å². The summed E-state index contributed by atoms with van der Waals surface area (Å²) in [6, 6.07) is 0. The maximum absolute atomic E-state index is 12.4. The van der Waals surface area contributed by atoms with E-state index in [9.17, 15) is 13.2 Å². The van der Waals surface area contributed by atoms with Crippen LogP contribution < -0.4 is 0 Å². The first-order valence-corrected chi connectivity index (χ1v) is 5.98. The molecule has 3 unspecified atom stereocenters. The summed E-state index contributed by atoms with van der Waals surface area (Å²) in [4.78, 5) is 0. The highest BCUT2D eigenvalue weighted by Gasteiger charge is 2.34. The van der Waals surface area contributed by atoms with Crippen molar-refractivity contribution in [2.45, 2.75) is 59.2 Å². The zero-order chi connectivity index (χ0) is 12.8. The summed E-state index contributed by atoms with van der Waals surface area (Å²) in [5.74, 6) is -0.371. The quantitative estimate of drug-likeness (QED) is 0.640. The van der Waals surface area contributed by atoms with Crippen LogP contribution in [0.4, 0.5) is 13.2 Å².